The Balaban J connectivity index is 1.86. The van der Waals surface area contributed by atoms with Crippen LogP contribution in [0.1, 0.15) is 82.3 Å². The molecule has 1 aliphatic heterocycles. The molecular formula is C30H45N3O7. The minimum atomic E-state index is -1.20. The van der Waals surface area contributed by atoms with E-state index in [4.69, 9.17) is 18.9 Å². The van der Waals surface area contributed by atoms with Gasteiger partial charge in [-0.3, -0.25) is 9.36 Å². The van der Waals surface area contributed by atoms with E-state index in [-0.39, 0.29) is 11.7 Å². The van der Waals surface area contributed by atoms with E-state index < -0.39 is 36.3 Å². The summed E-state index contributed by atoms with van der Waals surface area (Å²) in [5, 5.41) is 14.2. The fraction of sp³-hybridized carbons (Fsp3) is 0.633. The summed E-state index contributed by atoms with van der Waals surface area (Å²) in [4.78, 5) is 29.8. The maximum absolute atomic E-state index is 13.2. The zero-order valence-corrected chi connectivity index (χ0v) is 24.0. The summed E-state index contributed by atoms with van der Waals surface area (Å²) in [6, 6.07) is 10.2. The molecule has 0 spiro atoms. The van der Waals surface area contributed by atoms with Crippen molar-refractivity contribution in [3.8, 4) is 0 Å². The van der Waals surface area contributed by atoms with Crippen molar-refractivity contribution in [3.63, 3.8) is 0 Å². The molecule has 1 aromatic carbocycles. The average Bonchev–Trinajstić information content (AvgIpc) is 3.08. The van der Waals surface area contributed by atoms with Gasteiger partial charge in [-0.05, 0) is 37.5 Å². The number of carbonyl (C=O) groups excluding carboxylic acids is 1. The molecule has 0 radical (unpaired) electrons. The molecule has 0 saturated carbocycles. The largest absolute Gasteiger partial charge is 0.386 e. The number of hydrogen-bond acceptors (Lipinski definition) is 8. The van der Waals surface area contributed by atoms with Gasteiger partial charge in [-0.25, -0.2) is 4.79 Å². The number of amides is 1. The topological polar surface area (TPSA) is 121 Å². The Morgan fingerprint density at radius 2 is 1.70 bits per heavy atom. The summed E-state index contributed by atoms with van der Waals surface area (Å²) in [5.41, 5.74) is -0.221. The second kappa shape index (κ2) is 17.2. The minimum Gasteiger partial charge on any atom is -0.386 e. The molecule has 2 N–H and O–H groups in total. The van der Waals surface area contributed by atoms with Gasteiger partial charge in [0.25, 0.3) is 5.91 Å². The Kier molecular flexibility index (Phi) is 13.7. The lowest BCUT2D eigenvalue weighted by molar-refractivity contribution is -0.163. The second-order valence-electron chi connectivity index (χ2n) is 10.1. The van der Waals surface area contributed by atoms with Gasteiger partial charge in [0, 0.05) is 38.0 Å². The molecule has 2 heterocycles. The third-order valence-electron chi connectivity index (χ3n) is 6.79. The zero-order chi connectivity index (χ0) is 28.7. The lowest BCUT2D eigenvalue weighted by Gasteiger charge is -2.31. The van der Waals surface area contributed by atoms with E-state index >= 15 is 0 Å². The van der Waals surface area contributed by atoms with Crippen molar-refractivity contribution >= 4 is 11.7 Å². The Morgan fingerprint density at radius 3 is 2.38 bits per heavy atom. The number of nitrogens with zero attached hydrogens (tertiary/aromatic N) is 2. The highest BCUT2D eigenvalue weighted by Gasteiger charge is 2.43. The van der Waals surface area contributed by atoms with Gasteiger partial charge in [-0.15, -0.1) is 0 Å². The van der Waals surface area contributed by atoms with Gasteiger partial charge in [0.2, 0.25) is 0 Å². The van der Waals surface area contributed by atoms with E-state index in [1.54, 1.807) is 24.3 Å². The number of nitrogens with one attached hydrogen (secondary N) is 1. The first-order chi connectivity index (χ1) is 19.5. The first-order valence-corrected chi connectivity index (χ1v) is 14.6. The molecule has 1 fully saturated rings. The Bertz CT molecular complexity index is 1060. The molecule has 1 amide bonds. The van der Waals surface area contributed by atoms with E-state index in [1.165, 1.54) is 16.8 Å². The smallest absolute Gasteiger partial charge is 0.351 e. The summed E-state index contributed by atoms with van der Waals surface area (Å²) in [6.07, 6.45) is 3.64. The maximum Gasteiger partial charge on any atom is 0.351 e. The zero-order valence-electron chi connectivity index (χ0n) is 24.0. The Labute approximate surface area is 237 Å². The molecule has 2 aromatic rings. The van der Waals surface area contributed by atoms with Gasteiger partial charge in [-0.2, -0.15) is 4.98 Å². The number of anilines is 1. The fourth-order valence-corrected chi connectivity index (χ4v) is 4.47. The molecule has 0 unspecified atom stereocenters. The summed E-state index contributed by atoms with van der Waals surface area (Å²) in [5.74, 6) is -0.272. The monoisotopic (exact) mass is 559 g/mol. The number of aliphatic hydroxyl groups excluding tert-OH is 1. The maximum atomic E-state index is 13.2. The van der Waals surface area contributed by atoms with Crippen LogP contribution in [0.5, 0.6) is 0 Å². The van der Waals surface area contributed by atoms with Crippen LogP contribution in [0.2, 0.25) is 0 Å². The van der Waals surface area contributed by atoms with Gasteiger partial charge in [0.1, 0.15) is 18.0 Å². The van der Waals surface area contributed by atoms with Crippen molar-refractivity contribution < 1.29 is 28.8 Å². The number of aliphatic hydroxyl groups is 1. The van der Waals surface area contributed by atoms with Gasteiger partial charge < -0.3 is 29.4 Å². The lowest BCUT2D eigenvalue weighted by atomic mass is 10.0. The van der Waals surface area contributed by atoms with Crippen molar-refractivity contribution in [2.24, 2.45) is 0 Å². The second-order valence-corrected chi connectivity index (χ2v) is 10.1. The van der Waals surface area contributed by atoms with Crippen molar-refractivity contribution in [2.45, 2.75) is 96.4 Å². The van der Waals surface area contributed by atoms with Gasteiger partial charge >= 0.3 is 5.69 Å². The minimum absolute atomic E-state index is 0.106. The van der Waals surface area contributed by atoms with E-state index in [0.29, 0.717) is 38.4 Å². The molecule has 3 rings (SSSR count). The molecule has 40 heavy (non-hydrogen) atoms. The number of benzene rings is 1. The highest BCUT2D eigenvalue weighted by Crippen LogP contribution is 2.30. The van der Waals surface area contributed by atoms with Crippen LogP contribution in [0.15, 0.2) is 47.4 Å². The molecular weight excluding hydrogens is 514 g/mol. The summed E-state index contributed by atoms with van der Waals surface area (Å²) in [7, 11) is 0. The molecule has 10 heteroatoms. The van der Waals surface area contributed by atoms with Crippen LogP contribution in [0.4, 0.5) is 5.82 Å². The molecule has 0 aliphatic carbocycles. The van der Waals surface area contributed by atoms with E-state index in [0.717, 1.165) is 38.5 Å². The number of hydrogen-bond donors (Lipinski definition) is 2. The SMILES string of the molecule is CCCCOC[C@@H]1C[C@H](OCCCC)[C@@H](OCCCC)[C@@H](O)[C@H](n2ccc(NC(=O)c3ccccc3)nc2=O)O1. The van der Waals surface area contributed by atoms with E-state index in [2.05, 4.69) is 31.1 Å². The van der Waals surface area contributed by atoms with Crippen LogP contribution in [0, 0.1) is 0 Å². The number of aromatic nitrogens is 2. The van der Waals surface area contributed by atoms with Crippen LogP contribution < -0.4 is 11.0 Å². The van der Waals surface area contributed by atoms with Gasteiger partial charge in [0.15, 0.2) is 6.23 Å². The highest BCUT2D eigenvalue weighted by atomic mass is 16.6. The van der Waals surface area contributed by atoms with Crippen molar-refractivity contribution in [1.29, 1.82) is 0 Å². The van der Waals surface area contributed by atoms with Gasteiger partial charge in [0.05, 0.1) is 18.8 Å². The van der Waals surface area contributed by atoms with Crippen LogP contribution >= 0.6 is 0 Å². The summed E-state index contributed by atoms with van der Waals surface area (Å²) < 4.78 is 25.9. The molecule has 5 atom stereocenters. The predicted molar refractivity (Wildman–Crippen MR) is 152 cm³/mol. The molecule has 222 valence electrons. The molecule has 0 bridgehead atoms. The van der Waals surface area contributed by atoms with Crippen LogP contribution in [0.3, 0.4) is 0 Å². The lowest BCUT2D eigenvalue weighted by Crippen LogP contribution is -2.46. The molecule has 1 saturated heterocycles. The summed E-state index contributed by atoms with van der Waals surface area (Å²) >= 11 is 0. The van der Waals surface area contributed by atoms with Crippen LogP contribution in [-0.2, 0) is 18.9 Å². The standard InChI is InChI=1S/C30H45N3O7/c1-4-7-17-37-21-23-20-24(38-18-8-5-2)27(39-19-9-6-3)26(34)29(40-23)33-16-15-25(32-30(33)36)31-28(35)22-13-11-10-12-14-22/h10-16,23-24,26-27,29,34H,4-9,17-21H2,1-3H3,(H,31,32,35,36)/t23-,24-,26+,27+,29+/m0/s1. The number of ether oxygens (including phenoxy) is 4. The third-order valence-corrected chi connectivity index (χ3v) is 6.79. The third kappa shape index (κ3) is 9.49. The van der Waals surface area contributed by atoms with E-state index in [9.17, 15) is 14.7 Å². The summed E-state index contributed by atoms with van der Waals surface area (Å²) in [6.45, 7) is 8.14. The highest BCUT2D eigenvalue weighted by molar-refractivity contribution is 6.03. The van der Waals surface area contributed by atoms with Gasteiger partial charge in [-0.1, -0.05) is 58.2 Å². The van der Waals surface area contributed by atoms with Crippen molar-refractivity contribution in [1.82, 2.24) is 9.55 Å². The number of unbranched alkanes of at least 4 members (excludes halogenated alkanes) is 3. The van der Waals surface area contributed by atoms with Crippen LogP contribution in [-0.4, -0.2) is 71.4 Å². The molecule has 10 nitrogen and oxygen atoms in total. The molecule has 1 aromatic heterocycles. The number of carbonyl (C=O) groups is 1. The average molecular weight is 560 g/mol. The van der Waals surface area contributed by atoms with E-state index in [1.807, 2.05) is 6.07 Å². The fourth-order valence-electron chi connectivity index (χ4n) is 4.47. The van der Waals surface area contributed by atoms with Crippen LogP contribution in [0.25, 0.3) is 0 Å². The Morgan fingerprint density at radius 1 is 1.02 bits per heavy atom. The first kappa shape index (κ1) is 31.9. The first-order valence-electron chi connectivity index (χ1n) is 14.6. The van der Waals surface area contributed by atoms with Crippen molar-refractivity contribution in [3.05, 3.63) is 58.6 Å². The number of rotatable bonds is 16. The molecule has 1 aliphatic rings. The van der Waals surface area contributed by atoms with Crippen molar-refractivity contribution in [2.75, 3.05) is 31.7 Å². The normalized spacial score (nSPS) is 23.1. The Hall–Kier alpha value is -2.63. The predicted octanol–water partition coefficient (Wildman–Crippen LogP) is 4.33. The quantitative estimate of drug-likeness (QED) is 0.292.